The summed E-state index contributed by atoms with van der Waals surface area (Å²) in [4.78, 5) is 2.51. The Morgan fingerprint density at radius 1 is 1.20 bits per heavy atom. The van der Waals surface area contributed by atoms with Gasteiger partial charge < -0.3 is 9.73 Å². The zero-order valence-electron chi connectivity index (χ0n) is 12.1. The molecule has 6 heteroatoms. The van der Waals surface area contributed by atoms with E-state index in [1.807, 2.05) is 12.1 Å². The lowest BCUT2D eigenvalue weighted by Crippen LogP contribution is -2.45. The molecule has 1 N–H and O–H groups in total. The molecule has 1 atom stereocenters. The van der Waals surface area contributed by atoms with Crippen molar-refractivity contribution < 1.29 is 4.42 Å². The molecule has 1 aliphatic rings. The SMILES string of the molecule is CC(C)CC[C@@H](c1ccc(Cl)o1)N1CCNCC1.Cl.Cl. The van der Waals surface area contributed by atoms with Crippen molar-refractivity contribution in [3.63, 3.8) is 0 Å². The van der Waals surface area contributed by atoms with Crippen LogP contribution < -0.4 is 5.32 Å². The smallest absolute Gasteiger partial charge is 0.193 e. The van der Waals surface area contributed by atoms with Crippen LogP contribution in [0.2, 0.25) is 5.22 Å². The summed E-state index contributed by atoms with van der Waals surface area (Å²) in [6.45, 7) is 8.83. The average molecular weight is 344 g/mol. The summed E-state index contributed by atoms with van der Waals surface area (Å²) in [5.74, 6) is 1.74. The number of hydrogen-bond acceptors (Lipinski definition) is 3. The lowest BCUT2D eigenvalue weighted by Gasteiger charge is -2.34. The minimum absolute atomic E-state index is 0. The van der Waals surface area contributed by atoms with Crippen LogP contribution in [-0.2, 0) is 0 Å². The van der Waals surface area contributed by atoms with Gasteiger partial charge in [0.1, 0.15) is 5.76 Å². The summed E-state index contributed by atoms with van der Waals surface area (Å²) in [5.41, 5.74) is 0. The normalized spacial score (nSPS) is 17.4. The first kappa shape index (κ1) is 20.1. The van der Waals surface area contributed by atoms with Crippen LogP contribution in [0.25, 0.3) is 0 Å². The van der Waals surface area contributed by atoms with Crippen molar-refractivity contribution in [3.05, 3.63) is 23.1 Å². The maximum atomic E-state index is 5.91. The Balaban J connectivity index is 0.00000180. The van der Waals surface area contributed by atoms with Crippen molar-refractivity contribution in [1.82, 2.24) is 10.2 Å². The first-order valence-corrected chi connectivity index (χ1v) is 7.24. The van der Waals surface area contributed by atoms with Crippen LogP contribution in [0, 0.1) is 5.92 Å². The number of rotatable bonds is 5. The Morgan fingerprint density at radius 2 is 1.85 bits per heavy atom. The Hall–Kier alpha value is 0.0700. The fourth-order valence-corrected chi connectivity index (χ4v) is 2.65. The molecule has 1 saturated heterocycles. The maximum absolute atomic E-state index is 5.91. The van der Waals surface area contributed by atoms with Gasteiger partial charge in [-0.2, -0.15) is 0 Å². The Labute approximate surface area is 139 Å². The molecule has 118 valence electrons. The van der Waals surface area contributed by atoms with Crippen LogP contribution in [0.1, 0.15) is 38.5 Å². The van der Waals surface area contributed by atoms with Gasteiger partial charge in [0.25, 0.3) is 0 Å². The molecule has 3 nitrogen and oxygen atoms in total. The molecule has 0 bridgehead atoms. The van der Waals surface area contributed by atoms with Gasteiger partial charge in [-0.1, -0.05) is 13.8 Å². The van der Waals surface area contributed by atoms with Crippen LogP contribution in [0.5, 0.6) is 0 Å². The first-order chi connectivity index (χ1) is 8.66. The molecule has 2 heterocycles. The molecule has 0 aromatic carbocycles. The molecule has 0 aliphatic carbocycles. The second-order valence-corrected chi connectivity index (χ2v) is 5.79. The highest BCUT2D eigenvalue weighted by Gasteiger charge is 2.24. The van der Waals surface area contributed by atoms with Gasteiger partial charge in [-0.05, 0) is 42.5 Å². The van der Waals surface area contributed by atoms with Crippen molar-refractivity contribution >= 4 is 36.4 Å². The van der Waals surface area contributed by atoms with Gasteiger partial charge in [-0.15, -0.1) is 24.8 Å². The maximum Gasteiger partial charge on any atom is 0.193 e. The van der Waals surface area contributed by atoms with Crippen molar-refractivity contribution in [2.75, 3.05) is 26.2 Å². The standard InChI is InChI=1S/C14H23ClN2O.2ClH/c1-11(2)3-4-12(13-5-6-14(15)18-13)17-9-7-16-8-10-17;;/h5-6,11-12,16H,3-4,7-10H2,1-2H3;2*1H/t12-;;/m0../s1. The van der Waals surface area contributed by atoms with Gasteiger partial charge in [0.2, 0.25) is 0 Å². The zero-order chi connectivity index (χ0) is 13.0. The van der Waals surface area contributed by atoms with Crippen molar-refractivity contribution in [2.45, 2.75) is 32.7 Å². The van der Waals surface area contributed by atoms with E-state index in [4.69, 9.17) is 16.0 Å². The molecule has 0 radical (unpaired) electrons. The van der Waals surface area contributed by atoms with Crippen LogP contribution in [0.4, 0.5) is 0 Å². The van der Waals surface area contributed by atoms with Gasteiger partial charge in [0, 0.05) is 26.2 Å². The third kappa shape index (κ3) is 5.82. The van der Waals surface area contributed by atoms with Gasteiger partial charge in [0.15, 0.2) is 5.22 Å². The van der Waals surface area contributed by atoms with Crippen LogP contribution in [0.15, 0.2) is 16.5 Å². The summed E-state index contributed by atoms with van der Waals surface area (Å²) in [7, 11) is 0. The summed E-state index contributed by atoms with van der Waals surface area (Å²) >= 11 is 5.91. The largest absolute Gasteiger partial charge is 0.448 e. The highest BCUT2D eigenvalue weighted by Crippen LogP contribution is 2.30. The Bertz CT molecular complexity index is 365. The predicted molar refractivity (Wildman–Crippen MR) is 89.5 cm³/mol. The van der Waals surface area contributed by atoms with Crippen LogP contribution >= 0.6 is 36.4 Å². The van der Waals surface area contributed by atoms with E-state index in [1.165, 1.54) is 6.42 Å². The summed E-state index contributed by atoms with van der Waals surface area (Å²) < 4.78 is 5.63. The quantitative estimate of drug-likeness (QED) is 0.870. The summed E-state index contributed by atoms with van der Waals surface area (Å²) in [6, 6.07) is 4.25. The number of hydrogen-bond donors (Lipinski definition) is 1. The van der Waals surface area contributed by atoms with E-state index in [9.17, 15) is 0 Å². The fourth-order valence-electron chi connectivity index (χ4n) is 2.50. The van der Waals surface area contributed by atoms with E-state index in [2.05, 4.69) is 24.1 Å². The third-order valence-electron chi connectivity index (χ3n) is 3.53. The molecule has 1 fully saturated rings. The van der Waals surface area contributed by atoms with Gasteiger partial charge >= 0.3 is 0 Å². The minimum Gasteiger partial charge on any atom is -0.448 e. The fraction of sp³-hybridized carbons (Fsp3) is 0.714. The molecule has 0 amide bonds. The summed E-state index contributed by atoms with van der Waals surface area (Å²) in [6.07, 6.45) is 2.36. The lowest BCUT2D eigenvalue weighted by molar-refractivity contribution is 0.141. The molecule has 0 saturated carbocycles. The molecule has 1 aliphatic heterocycles. The van der Waals surface area contributed by atoms with E-state index in [1.54, 1.807) is 0 Å². The Kier molecular flexibility index (Phi) is 9.94. The number of furan rings is 1. The summed E-state index contributed by atoms with van der Waals surface area (Å²) in [5, 5.41) is 3.89. The zero-order valence-corrected chi connectivity index (χ0v) is 14.5. The average Bonchev–Trinajstić information content (AvgIpc) is 2.77. The number of halogens is 3. The molecule has 20 heavy (non-hydrogen) atoms. The molecule has 1 aromatic rings. The number of nitrogens with zero attached hydrogens (tertiary/aromatic N) is 1. The molecule has 0 unspecified atom stereocenters. The predicted octanol–water partition coefficient (Wildman–Crippen LogP) is 4.16. The van der Waals surface area contributed by atoms with E-state index < -0.39 is 0 Å². The van der Waals surface area contributed by atoms with E-state index >= 15 is 0 Å². The Morgan fingerprint density at radius 3 is 2.35 bits per heavy atom. The van der Waals surface area contributed by atoms with Crippen molar-refractivity contribution in [2.24, 2.45) is 5.92 Å². The van der Waals surface area contributed by atoms with Crippen molar-refractivity contribution in [1.29, 1.82) is 0 Å². The molecule has 2 rings (SSSR count). The minimum atomic E-state index is 0. The monoisotopic (exact) mass is 342 g/mol. The number of nitrogens with one attached hydrogen (secondary N) is 1. The molecule has 1 aromatic heterocycles. The first-order valence-electron chi connectivity index (χ1n) is 6.87. The van der Waals surface area contributed by atoms with Crippen molar-refractivity contribution in [3.8, 4) is 0 Å². The van der Waals surface area contributed by atoms with Gasteiger partial charge in [0.05, 0.1) is 6.04 Å². The molecule has 0 spiro atoms. The highest BCUT2D eigenvalue weighted by atomic mass is 35.5. The van der Waals surface area contributed by atoms with Gasteiger partial charge in [-0.3, -0.25) is 4.90 Å². The molecular formula is C14H25Cl3N2O. The van der Waals surface area contributed by atoms with E-state index in [0.717, 1.165) is 44.3 Å². The highest BCUT2D eigenvalue weighted by molar-refractivity contribution is 6.28. The number of piperazine rings is 1. The second kappa shape index (κ2) is 9.91. The second-order valence-electron chi connectivity index (χ2n) is 5.41. The van der Waals surface area contributed by atoms with E-state index in [-0.39, 0.29) is 24.8 Å². The van der Waals surface area contributed by atoms with Crippen LogP contribution in [0.3, 0.4) is 0 Å². The van der Waals surface area contributed by atoms with E-state index in [0.29, 0.717) is 11.3 Å². The van der Waals surface area contributed by atoms with Gasteiger partial charge in [-0.25, -0.2) is 0 Å². The lowest BCUT2D eigenvalue weighted by atomic mass is 10.00. The third-order valence-corrected chi connectivity index (χ3v) is 3.74. The van der Waals surface area contributed by atoms with Crippen LogP contribution in [-0.4, -0.2) is 31.1 Å². The molecular weight excluding hydrogens is 319 g/mol. The topological polar surface area (TPSA) is 28.4 Å².